The molecule has 0 amide bonds. The molecule has 0 atom stereocenters. The van der Waals surface area contributed by atoms with Crippen LogP contribution in [-0.4, -0.2) is 65.9 Å². The van der Waals surface area contributed by atoms with E-state index >= 15 is 0 Å². The van der Waals surface area contributed by atoms with Crippen molar-refractivity contribution in [2.45, 2.75) is 63.8 Å². The van der Waals surface area contributed by atoms with E-state index in [1.807, 2.05) is 18.2 Å². The van der Waals surface area contributed by atoms with Crippen molar-refractivity contribution in [2.24, 2.45) is 0 Å². The summed E-state index contributed by atoms with van der Waals surface area (Å²) in [6.45, 7) is 4.41. The van der Waals surface area contributed by atoms with Gasteiger partial charge in [-0.1, -0.05) is 19.3 Å². The SMILES string of the molecule is COc1cc(OC)cc(-c2cc3nc4c(c(N5CCN(C6CCCCC6)CC5)n3n2)CCCC4)c1. The van der Waals surface area contributed by atoms with Crippen molar-refractivity contribution in [1.29, 1.82) is 0 Å². The number of piperazine rings is 1. The van der Waals surface area contributed by atoms with Gasteiger partial charge in [-0.05, 0) is 50.7 Å². The quantitative estimate of drug-likeness (QED) is 0.531. The van der Waals surface area contributed by atoms with Crippen LogP contribution in [-0.2, 0) is 12.8 Å². The van der Waals surface area contributed by atoms with Crippen LogP contribution in [0.3, 0.4) is 0 Å². The van der Waals surface area contributed by atoms with Crippen molar-refractivity contribution >= 4 is 11.5 Å². The molecular weight excluding hydrogens is 438 g/mol. The fourth-order valence-corrected chi connectivity index (χ4v) is 6.29. The van der Waals surface area contributed by atoms with Crippen molar-refractivity contribution in [3.8, 4) is 22.8 Å². The lowest BCUT2D eigenvalue weighted by molar-refractivity contribution is 0.147. The van der Waals surface area contributed by atoms with Crippen molar-refractivity contribution in [3.05, 3.63) is 35.5 Å². The number of methoxy groups -OCH3 is 2. The van der Waals surface area contributed by atoms with E-state index in [9.17, 15) is 0 Å². The van der Waals surface area contributed by atoms with E-state index in [2.05, 4.69) is 20.4 Å². The zero-order chi connectivity index (χ0) is 23.8. The van der Waals surface area contributed by atoms with Gasteiger partial charge < -0.3 is 14.4 Å². The van der Waals surface area contributed by atoms with Gasteiger partial charge in [0.1, 0.15) is 17.3 Å². The third kappa shape index (κ3) is 4.35. The molecule has 7 heteroatoms. The number of hydrogen-bond donors (Lipinski definition) is 0. The van der Waals surface area contributed by atoms with Gasteiger partial charge in [0, 0.05) is 61.2 Å². The molecule has 2 aromatic heterocycles. The van der Waals surface area contributed by atoms with E-state index in [-0.39, 0.29) is 0 Å². The molecular formula is C28H37N5O2. The van der Waals surface area contributed by atoms with E-state index in [1.165, 1.54) is 62.0 Å². The lowest BCUT2D eigenvalue weighted by Crippen LogP contribution is -2.51. The highest BCUT2D eigenvalue weighted by Crippen LogP contribution is 2.35. The van der Waals surface area contributed by atoms with Gasteiger partial charge in [-0.2, -0.15) is 9.61 Å². The molecule has 6 rings (SSSR count). The van der Waals surface area contributed by atoms with Crippen LogP contribution in [0.1, 0.15) is 56.2 Å². The van der Waals surface area contributed by atoms with E-state index in [0.717, 1.165) is 73.5 Å². The Kier molecular flexibility index (Phi) is 6.27. The van der Waals surface area contributed by atoms with Crippen LogP contribution in [0.15, 0.2) is 24.3 Å². The van der Waals surface area contributed by atoms with Crippen LogP contribution in [0, 0.1) is 0 Å². The smallest absolute Gasteiger partial charge is 0.158 e. The summed E-state index contributed by atoms with van der Waals surface area (Å²) in [4.78, 5) is 10.4. The van der Waals surface area contributed by atoms with Gasteiger partial charge in [0.15, 0.2) is 5.65 Å². The van der Waals surface area contributed by atoms with Crippen LogP contribution in [0.4, 0.5) is 5.82 Å². The zero-order valence-electron chi connectivity index (χ0n) is 21.1. The zero-order valence-corrected chi connectivity index (χ0v) is 21.1. The number of anilines is 1. The molecule has 186 valence electrons. The number of aromatic nitrogens is 3. The monoisotopic (exact) mass is 475 g/mol. The summed E-state index contributed by atoms with van der Waals surface area (Å²) in [6.07, 6.45) is 11.6. The standard InChI is InChI=1S/C28H37N5O2/c1-34-22-16-20(17-23(18-22)35-2)26-19-27-29-25-11-7-6-10-24(25)28(33(27)30-26)32-14-12-31(13-15-32)21-8-4-3-5-9-21/h16-19,21H,3-15H2,1-2H3. The molecule has 7 nitrogen and oxygen atoms in total. The second-order valence-electron chi connectivity index (χ2n) is 10.3. The molecule has 3 aromatic rings. The largest absolute Gasteiger partial charge is 0.497 e. The van der Waals surface area contributed by atoms with Crippen molar-refractivity contribution in [3.63, 3.8) is 0 Å². The predicted molar refractivity (Wildman–Crippen MR) is 139 cm³/mol. The molecule has 35 heavy (non-hydrogen) atoms. The number of fused-ring (bicyclic) bond motifs is 2. The number of aryl methyl sites for hydroxylation is 1. The van der Waals surface area contributed by atoms with Crippen LogP contribution in [0.5, 0.6) is 11.5 Å². The first-order valence-electron chi connectivity index (χ1n) is 13.4. The summed E-state index contributed by atoms with van der Waals surface area (Å²) >= 11 is 0. The molecule has 3 heterocycles. The molecule has 2 fully saturated rings. The van der Waals surface area contributed by atoms with E-state index in [1.54, 1.807) is 14.2 Å². The molecule has 0 bridgehead atoms. The molecule has 0 spiro atoms. The average molecular weight is 476 g/mol. The molecule has 1 saturated carbocycles. The Hall–Kier alpha value is -2.80. The summed E-state index contributed by atoms with van der Waals surface area (Å²) in [7, 11) is 3.37. The maximum atomic E-state index is 5.51. The van der Waals surface area contributed by atoms with Crippen molar-refractivity contribution < 1.29 is 9.47 Å². The predicted octanol–water partition coefficient (Wildman–Crippen LogP) is 4.75. The van der Waals surface area contributed by atoms with Crippen molar-refractivity contribution in [2.75, 3.05) is 45.3 Å². The Morgan fingerprint density at radius 2 is 1.51 bits per heavy atom. The summed E-state index contributed by atoms with van der Waals surface area (Å²) in [5, 5.41) is 5.11. The van der Waals surface area contributed by atoms with E-state index < -0.39 is 0 Å². The van der Waals surface area contributed by atoms with E-state index in [0.29, 0.717) is 0 Å². The Morgan fingerprint density at radius 1 is 0.800 bits per heavy atom. The third-order valence-electron chi connectivity index (χ3n) is 8.20. The minimum Gasteiger partial charge on any atom is -0.497 e. The van der Waals surface area contributed by atoms with Gasteiger partial charge in [0.25, 0.3) is 0 Å². The van der Waals surface area contributed by atoms with Gasteiger partial charge in [0.05, 0.1) is 19.9 Å². The number of rotatable bonds is 5. The molecule has 1 saturated heterocycles. The Bertz CT molecular complexity index is 1170. The van der Waals surface area contributed by atoms with Crippen LogP contribution in [0.2, 0.25) is 0 Å². The number of benzene rings is 1. The van der Waals surface area contributed by atoms with Gasteiger partial charge >= 0.3 is 0 Å². The van der Waals surface area contributed by atoms with E-state index in [4.69, 9.17) is 19.6 Å². The lowest BCUT2D eigenvalue weighted by atomic mass is 9.93. The Labute approximate surface area is 208 Å². The number of ether oxygens (including phenoxy) is 2. The maximum Gasteiger partial charge on any atom is 0.158 e. The minimum absolute atomic E-state index is 0.766. The second kappa shape index (κ2) is 9.69. The van der Waals surface area contributed by atoms with Crippen LogP contribution in [0.25, 0.3) is 16.9 Å². The topological polar surface area (TPSA) is 55.1 Å². The highest BCUT2D eigenvalue weighted by molar-refractivity contribution is 5.70. The molecule has 0 unspecified atom stereocenters. The van der Waals surface area contributed by atoms with Gasteiger partial charge in [-0.15, -0.1) is 0 Å². The molecule has 0 N–H and O–H groups in total. The van der Waals surface area contributed by atoms with Gasteiger partial charge in [-0.3, -0.25) is 4.90 Å². The third-order valence-corrected chi connectivity index (χ3v) is 8.20. The average Bonchev–Trinajstić information content (AvgIpc) is 3.35. The fourth-order valence-electron chi connectivity index (χ4n) is 6.29. The first-order valence-corrected chi connectivity index (χ1v) is 13.4. The summed E-state index contributed by atoms with van der Waals surface area (Å²) in [5.74, 6) is 2.81. The van der Waals surface area contributed by atoms with Crippen molar-refractivity contribution in [1.82, 2.24) is 19.5 Å². The molecule has 0 radical (unpaired) electrons. The van der Waals surface area contributed by atoms with Crippen LogP contribution < -0.4 is 14.4 Å². The number of nitrogens with zero attached hydrogens (tertiary/aromatic N) is 5. The number of hydrogen-bond acceptors (Lipinski definition) is 6. The lowest BCUT2D eigenvalue weighted by Gasteiger charge is -2.42. The Balaban J connectivity index is 1.37. The normalized spacial score (nSPS) is 19.7. The summed E-state index contributed by atoms with van der Waals surface area (Å²) in [5.41, 5.74) is 5.50. The van der Waals surface area contributed by atoms with Crippen LogP contribution >= 0.6 is 0 Å². The molecule has 1 aromatic carbocycles. The summed E-state index contributed by atoms with van der Waals surface area (Å²) in [6, 6.07) is 8.84. The highest BCUT2D eigenvalue weighted by Gasteiger charge is 2.29. The summed E-state index contributed by atoms with van der Waals surface area (Å²) < 4.78 is 13.1. The first kappa shape index (κ1) is 22.7. The Morgan fingerprint density at radius 3 is 2.23 bits per heavy atom. The van der Waals surface area contributed by atoms with Gasteiger partial charge in [0.2, 0.25) is 0 Å². The molecule has 1 aliphatic heterocycles. The van der Waals surface area contributed by atoms with Gasteiger partial charge in [-0.25, -0.2) is 4.98 Å². The maximum absolute atomic E-state index is 5.51. The highest BCUT2D eigenvalue weighted by atomic mass is 16.5. The minimum atomic E-state index is 0.766. The fraction of sp³-hybridized carbons (Fsp3) is 0.571. The molecule has 3 aliphatic rings. The second-order valence-corrected chi connectivity index (χ2v) is 10.3. The first-order chi connectivity index (χ1) is 17.2. The molecule has 2 aliphatic carbocycles.